The molecule has 0 radical (unpaired) electrons. The Bertz CT molecular complexity index is 772. The van der Waals surface area contributed by atoms with Gasteiger partial charge < -0.3 is 37.8 Å². The average Bonchev–Trinajstić information content (AvgIpc) is 3.18. The Morgan fingerprint density at radius 2 is 1.67 bits per heavy atom. The summed E-state index contributed by atoms with van der Waals surface area (Å²) in [7, 11) is 0. The first-order valence-electron chi connectivity index (χ1n) is 10.8. The molecule has 5 amide bonds. The van der Waals surface area contributed by atoms with Gasteiger partial charge in [-0.25, -0.2) is 4.79 Å². The number of amides is 5. The van der Waals surface area contributed by atoms with Crippen LogP contribution in [-0.2, 0) is 28.8 Å². The lowest BCUT2D eigenvalue weighted by Gasteiger charge is -2.29. The molecule has 0 saturated carbocycles. The van der Waals surface area contributed by atoms with Gasteiger partial charge in [-0.1, -0.05) is 13.8 Å². The number of carboxylic acid groups (broad SMARTS) is 1. The summed E-state index contributed by atoms with van der Waals surface area (Å²) in [5.41, 5.74) is 16.1. The number of carbonyl (C=O) groups excluding carboxylic acids is 5. The van der Waals surface area contributed by atoms with Gasteiger partial charge in [0.25, 0.3) is 0 Å². The Balaban J connectivity index is 2.95. The van der Waals surface area contributed by atoms with Crippen LogP contribution in [0.25, 0.3) is 0 Å². The summed E-state index contributed by atoms with van der Waals surface area (Å²) in [5.74, 6) is -4.91. The van der Waals surface area contributed by atoms with Crippen LogP contribution in [-0.4, -0.2) is 76.2 Å². The van der Waals surface area contributed by atoms with Crippen molar-refractivity contribution < 1.29 is 33.9 Å². The zero-order chi connectivity index (χ0) is 25.3. The fourth-order valence-corrected chi connectivity index (χ4v) is 3.62. The summed E-state index contributed by atoms with van der Waals surface area (Å²) in [6.07, 6.45) is 0.243. The van der Waals surface area contributed by atoms with Crippen LogP contribution in [0.5, 0.6) is 0 Å². The molecule has 0 aromatic carbocycles. The molecule has 0 aliphatic carbocycles. The van der Waals surface area contributed by atoms with E-state index in [0.717, 1.165) is 0 Å². The Morgan fingerprint density at radius 1 is 1.03 bits per heavy atom. The lowest BCUT2D eigenvalue weighted by Crippen LogP contribution is -2.57. The van der Waals surface area contributed by atoms with Crippen molar-refractivity contribution in [1.82, 2.24) is 15.5 Å². The van der Waals surface area contributed by atoms with Gasteiger partial charge in [-0.15, -0.1) is 0 Å². The maximum Gasteiger partial charge on any atom is 0.326 e. The molecule has 4 atom stereocenters. The van der Waals surface area contributed by atoms with Gasteiger partial charge in [-0.05, 0) is 31.6 Å². The predicted octanol–water partition coefficient (Wildman–Crippen LogP) is -2.45. The zero-order valence-electron chi connectivity index (χ0n) is 18.9. The molecule has 1 heterocycles. The van der Waals surface area contributed by atoms with Crippen molar-refractivity contribution in [1.29, 1.82) is 0 Å². The standard InChI is InChI=1S/C20H34N6O7/c1-10(2)8-11(21)19(31)26-7-3-4-14(26)18(30)24-12(5-6-15(22)27)17(29)25-13(20(32)33)9-16(23)28/h10-14H,3-9,21H2,1-2H3,(H2,22,27)(H2,23,28)(H,24,30)(H,25,29)(H,32,33). The highest BCUT2D eigenvalue weighted by molar-refractivity contribution is 5.95. The first-order valence-corrected chi connectivity index (χ1v) is 10.8. The fourth-order valence-electron chi connectivity index (χ4n) is 3.62. The molecule has 1 aliphatic rings. The van der Waals surface area contributed by atoms with E-state index in [0.29, 0.717) is 25.8 Å². The third kappa shape index (κ3) is 9.04. The van der Waals surface area contributed by atoms with Crippen molar-refractivity contribution in [3.8, 4) is 0 Å². The molecule has 0 aromatic heterocycles. The summed E-state index contributed by atoms with van der Waals surface area (Å²) >= 11 is 0. The van der Waals surface area contributed by atoms with Crippen LogP contribution in [0, 0.1) is 5.92 Å². The number of nitrogens with zero attached hydrogens (tertiary/aromatic N) is 1. The fraction of sp³-hybridized carbons (Fsp3) is 0.700. The highest BCUT2D eigenvalue weighted by atomic mass is 16.4. The topological polar surface area (TPSA) is 228 Å². The summed E-state index contributed by atoms with van der Waals surface area (Å²) in [5, 5.41) is 13.8. The number of hydrogen-bond acceptors (Lipinski definition) is 7. The van der Waals surface area contributed by atoms with E-state index in [1.54, 1.807) is 0 Å². The first-order chi connectivity index (χ1) is 15.3. The monoisotopic (exact) mass is 470 g/mol. The third-order valence-corrected chi connectivity index (χ3v) is 5.21. The maximum atomic E-state index is 12.9. The molecule has 13 nitrogen and oxygen atoms in total. The van der Waals surface area contributed by atoms with Gasteiger partial charge in [0, 0.05) is 13.0 Å². The van der Waals surface area contributed by atoms with E-state index in [2.05, 4.69) is 10.6 Å². The van der Waals surface area contributed by atoms with E-state index in [4.69, 9.17) is 17.2 Å². The van der Waals surface area contributed by atoms with Crippen LogP contribution >= 0.6 is 0 Å². The van der Waals surface area contributed by atoms with Crippen LogP contribution in [0.15, 0.2) is 0 Å². The number of nitrogens with two attached hydrogens (primary N) is 3. The van der Waals surface area contributed by atoms with E-state index >= 15 is 0 Å². The molecule has 1 fully saturated rings. The normalized spacial score (nSPS) is 18.3. The van der Waals surface area contributed by atoms with Crippen molar-refractivity contribution in [2.24, 2.45) is 23.1 Å². The summed E-state index contributed by atoms with van der Waals surface area (Å²) in [4.78, 5) is 73.3. The highest BCUT2D eigenvalue weighted by Crippen LogP contribution is 2.20. The molecule has 0 bridgehead atoms. The number of likely N-dealkylation sites (tertiary alicyclic amines) is 1. The molecule has 186 valence electrons. The van der Waals surface area contributed by atoms with Crippen molar-refractivity contribution >= 4 is 35.5 Å². The summed E-state index contributed by atoms with van der Waals surface area (Å²) in [6.45, 7) is 4.18. The molecule has 4 unspecified atom stereocenters. The van der Waals surface area contributed by atoms with Crippen LogP contribution in [0.2, 0.25) is 0 Å². The average molecular weight is 471 g/mol. The number of hydrogen-bond donors (Lipinski definition) is 6. The molecule has 1 rings (SSSR count). The van der Waals surface area contributed by atoms with Crippen LogP contribution < -0.4 is 27.8 Å². The second-order valence-corrected chi connectivity index (χ2v) is 8.56. The third-order valence-electron chi connectivity index (χ3n) is 5.21. The number of primary amides is 2. The minimum atomic E-state index is -1.61. The predicted molar refractivity (Wildman–Crippen MR) is 116 cm³/mol. The van der Waals surface area contributed by atoms with Gasteiger partial charge in [0.05, 0.1) is 12.5 Å². The van der Waals surface area contributed by atoms with Gasteiger partial charge >= 0.3 is 5.97 Å². The van der Waals surface area contributed by atoms with Gasteiger partial charge in [0.15, 0.2) is 0 Å². The summed E-state index contributed by atoms with van der Waals surface area (Å²) < 4.78 is 0. The zero-order valence-corrected chi connectivity index (χ0v) is 18.9. The van der Waals surface area contributed by atoms with E-state index in [-0.39, 0.29) is 24.7 Å². The molecule has 0 spiro atoms. The van der Waals surface area contributed by atoms with E-state index in [9.17, 15) is 33.9 Å². The van der Waals surface area contributed by atoms with Gasteiger partial charge in [-0.2, -0.15) is 0 Å². The van der Waals surface area contributed by atoms with Crippen LogP contribution in [0.1, 0.15) is 52.4 Å². The van der Waals surface area contributed by atoms with E-state index in [1.807, 2.05) is 13.8 Å². The largest absolute Gasteiger partial charge is 0.480 e. The molecule has 1 saturated heterocycles. The Hall–Kier alpha value is -3.22. The smallest absolute Gasteiger partial charge is 0.326 e. The molecule has 0 aromatic rings. The van der Waals surface area contributed by atoms with Crippen molar-refractivity contribution in [3.05, 3.63) is 0 Å². The van der Waals surface area contributed by atoms with Crippen molar-refractivity contribution in [2.45, 2.75) is 76.5 Å². The Morgan fingerprint density at radius 3 is 2.18 bits per heavy atom. The minimum Gasteiger partial charge on any atom is -0.480 e. The number of carbonyl (C=O) groups is 6. The van der Waals surface area contributed by atoms with Gasteiger partial charge in [-0.3, -0.25) is 24.0 Å². The maximum absolute atomic E-state index is 12.9. The number of nitrogens with one attached hydrogen (secondary N) is 2. The molecular formula is C20H34N6O7. The number of carboxylic acids is 1. The minimum absolute atomic E-state index is 0.184. The van der Waals surface area contributed by atoms with E-state index in [1.165, 1.54) is 4.90 Å². The summed E-state index contributed by atoms with van der Waals surface area (Å²) in [6, 6.07) is -4.55. The molecule has 1 aliphatic heterocycles. The molecule has 13 heteroatoms. The van der Waals surface area contributed by atoms with Gasteiger partial charge in [0.1, 0.15) is 18.1 Å². The molecular weight excluding hydrogens is 436 g/mol. The Labute approximate surface area is 191 Å². The SMILES string of the molecule is CC(C)CC(N)C(=O)N1CCCC1C(=O)NC(CCC(N)=O)C(=O)NC(CC(N)=O)C(=O)O. The molecule has 9 N–H and O–H groups in total. The van der Waals surface area contributed by atoms with Crippen molar-refractivity contribution in [3.63, 3.8) is 0 Å². The highest BCUT2D eigenvalue weighted by Gasteiger charge is 2.38. The second-order valence-electron chi connectivity index (χ2n) is 8.56. The van der Waals surface area contributed by atoms with E-state index < -0.39 is 60.2 Å². The van der Waals surface area contributed by atoms with Crippen LogP contribution in [0.4, 0.5) is 0 Å². The molecule has 33 heavy (non-hydrogen) atoms. The van der Waals surface area contributed by atoms with Gasteiger partial charge in [0.2, 0.25) is 29.5 Å². The lowest BCUT2D eigenvalue weighted by molar-refractivity contribution is -0.144. The Kier molecular flexibility index (Phi) is 10.7. The van der Waals surface area contributed by atoms with Crippen molar-refractivity contribution in [2.75, 3.05) is 6.54 Å². The number of rotatable bonds is 13. The first kappa shape index (κ1) is 27.8. The quantitative estimate of drug-likeness (QED) is 0.169. The number of aliphatic carboxylic acids is 1. The second kappa shape index (κ2) is 12.7. The van der Waals surface area contributed by atoms with Crippen LogP contribution in [0.3, 0.4) is 0 Å². The lowest BCUT2D eigenvalue weighted by atomic mass is 10.0.